The number of rotatable bonds is 5. The molecule has 0 aromatic carbocycles. The Hall–Kier alpha value is -1.63. The molecule has 1 aliphatic heterocycles. The highest BCUT2D eigenvalue weighted by Gasteiger charge is 2.15. The van der Waals surface area contributed by atoms with E-state index in [-0.39, 0.29) is 12.6 Å². The zero-order valence-corrected chi connectivity index (χ0v) is 10.5. The van der Waals surface area contributed by atoms with Crippen molar-refractivity contribution >= 4 is 17.8 Å². The minimum Gasteiger partial charge on any atom is -0.396 e. The summed E-state index contributed by atoms with van der Waals surface area (Å²) in [5.41, 5.74) is 5.69. The van der Waals surface area contributed by atoms with Gasteiger partial charge in [-0.2, -0.15) is 15.0 Å². The summed E-state index contributed by atoms with van der Waals surface area (Å²) < 4.78 is 0. The summed E-state index contributed by atoms with van der Waals surface area (Å²) in [6, 6.07) is 0. The molecule has 2 rings (SSSR count). The highest BCUT2D eigenvalue weighted by molar-refractivity contribution is 5.42. The van der Waals surface area contributed by atoms with Crippen LogP contribution in [0.15, 0.2) is 0 Å². The van der Waals surface area contributed by atoms with E-state index in [0.717, 1.165) is 13.1 Å². The van der Waals surface area contributed by atoms with Crippen LogP contribution in [0.3, 0.4) is 0 Å². The molecular weight excluding hydrogens is 232 g/mol. The molecule has 0 radical (unpaired) electrons. The molecule has 1 aromatic rings. The Balaban J connectivity index is 2.05. The van der Waals surface area contributed by atoms with Crippen molar-refractivity contribution in [2.45, 2.75) is 25.7 Å². The number of anilines is 3. The number of aliphatic hydroxyl groups excluding tert-OH is 1. The van der Waals surface area contributed by atoms with Crippen LogP contribution in [-0.4, -0.2) is 46.3 Å². The molecule has 4 N–H and O–H groups in total. The van der Waals surface area contributed by atoms with Gasteiger partial charge in [0.2, 0.25) is 17.8 Å². The molecule has 1 saturated heterocycles. The van der Waals surface area contributed by atoms with Gasteiger partial charge in [-0.25, -0.2) is 0 Å². The first kappa shape index (κ1) is 12.8. The van der Waals surface area contributed by atoms with Gasteiger partial charge in [0.25, 0.3) is 0 Å². The van der Waals surface area contributed by atoms with Crippen molar-refractivity contribution in [3.63, 3.8) is 0 Å². The van der Waals surface area contributed by atoms with Crippen molar-refractivity contribution in [2.75, 3.05) is 42.2 Å². The second-order valence-electron chi connectivity index (χ2n) is 4.37. The molecule has 0 bridgehead atoms. The first-order valence-electron chi connectivity index (χ1n) is 6.41. The molecule has 0 unspecified atom stereocenters. The van der Waals surface area contributed by atoms with Gasteiger partial charge in [-0.15, -0.1) is 0 Å². The quantitative estimate of drug-likeness (QED) is 0.645. The first-order valence-corrected chi connectivity index (χ1v) is 6.41. The SMILES string of the molecule is Nc1nc(NCCCO)nc(N2CCCCC2)n1. The average molecular weight is 252 g/mol. The number of hydrogen-bond donors (Lipinski definition) is 3. The number of nitrogens with one attached hydrogen (secondary N) is 1. The van der Waals surface area contributed by atoms with Crippen LogP contribution < -0.4 is 16.0 Å². The van der Waals surface area contributed by atoms with Crippen LogP contribution in [-0.2, 0) is 0 Å². The fourth-order valence-corrected chi connectivity index (χ4v) is 1.97. The van der Waals surface area contributed by atoms with Gasteiger partial charge in [-0.05, 0) is 25.7 Å². The molecule has 0 saturated carbocycles. The van der Waals surface area contributed by atoms with Gasteiger partial charge < -0.3 is 21.1 Å². The van der Waals surface area contributed by atoms with E-state index >= 15 is 0 Å². The summed E-state index contributed by atoms with van der Waals surface area (Å²) in [4.78, 5) is 14.7. The smallest absolute Gasteiger partial charge is 0.231 e. The van der Waals surface area contributed by atoms with Gasteiger partial charge in [-0.1, -0.05) is 0 Å². The molecule has 0 amide bonds. The van der Waals surface area contributed by atoms with Crippen LogP contribution in [0.4, 0.5) is 17.8 Å². The Morgan fingerprint density at radius 3 is 2.67 bits per heavy atom. The van der Waals surface area contributed by atoms with Gasteiger partial charge in [0.1, 0.15) is 0 Å². The summed E-state index contributed by atoms with van der Waals surface area (Å²) in [6.07, 6.45) is 4.25. The number of nitrogens with two attached hydrogens (primary N) is 1. The number of nitrogens with zero attached hydrogens (tertiary/aromatic N) is 4. The predicted octanol–water partition coefficient (Wildman–Crippen LogP) is 0.238. The topological polar surface area (TPSA) is 100 Å². The molecule has 0 spiro atoms. The van der Waals surface area contributed by atoms with Crippen LogP contribution in [0.1, 0.15) is 25.7 Å². The van der Waals surface area contributed by atoms with E-state index in [4.69, 9.17) is 10.8 Å². The maximum absolute atomic E-state index is 8.73. The third kappa shape index (κ3) is 3.43. The average Bonchev–Trinajstić information content (AvgIpc) is 2.39. The maximum atomic E-state index is 8.73. The van der Waals surface area contributed by atoms with E-state index in [1.165, 1.54) is 19.3 Å². The van der Waals surface area contributed by atoms with Crippen LogP contribution in [0.5, 0.6) is 0 Å². The van der Waals surface area contributed by atoms with Crippen LogP contribution >= 0.6 is 0 Å². The molecule has 18 heavy (non-hydrogen) atoms. The molecule has 0 atom stereocenters. The van der Waals surface area contributed by atoms with Gasteiger partial charge in [0, 0.05) is 26.2 Å². The Kier molecular flexibility index (Phi) is 4.52. The minimum atomic E-state index is 0.145. The lowest BCUT2D eigenvalue weighted by Crippen LogP contribution is -2.31. The molecule has 1 fully saturated rings. The van der Waals surface area contributed by atoms with E-state index in [2.05, 4.69) is 25.2 Å². The molecule has 100 valence electrons. The maximum Gasteiger partial charge on any atom is 0.231 e. The summed E-state index contributed by atoms with van der Waals surface area (Å²) in [5, 5.41) is 11.8. The number of hydrogen-bond acceptors (Lipinski definition) is 7. The molecule has 1 aliphatic rings. The molecule has 0 aliphatic carbocycles. The van der Waals surface area contributed by atoms with Crippen molar-refractivity contribution in [3.8, 4) is 0 Å². The highest BCUT2D eigenvalue weighted by Crippen LogP contribution is 2.17. The number of aromatic nitrogens is 3. The van der Waals surface area contributed by atoms with E-state index in [1.807, 2.05) is 0 Å². The van der Waals surface area contributed by atoms with Crippen molar-refractivity contribution in [2.24, 2.45) is 0 Å². The van der Waals surface area contributed by atoms with Crippen LogP contribution in [0.2, 0.25) is 0 Å². The largest absolute Gasteiger partial charge is 0.396 e. The summed E-state index contributed by atoms with van der Waals surface area (Å²) in [6.45, 7) is 2.71. The van der Waals surface area contributed by atoms with Crippen molar-refractivity contribution < 1.29 is 5.11 Å². The number of nitrogen functional groups attached to an aromatic ring is 1. The summed E-state index contributed by atoms with van der Waals surface area (Å²) in [7, 11) is 0. The van der Waals surface area contributed by atoms with E-state index in [1.54, 1.807) is 0 Å². The Labute approximate surface area is 106 Å². The monoisotopic (exact) mass is 252 g/mol. The molecule has 1 aromatic heterocycles. The van der Waals surface area contributed by atoms with Gasteiger partial charge in [-0.3, -0.25) is 0 Å². The summed E-state index contributed by atoms with van der Waals surface area (Å²) >= 11 is 0. The zero-order valence-electron chi connectivity index (χ0n) is 10.5. The van der Waals surface area contributed by atoms with Crippen molar-refractivity contribution in [1.82, 2.24) is 15.0 Å². The highest BCUT2D eigenvalue weighted by atomic mass is 16.3. The second kappa shape index (κ2) is 6.34. The van der Waals surface area contributed by atoms with Crippen molar-refractivity contribution in [3.05, 3.63) is 0 Å². The lowest BCUT2D eigenvalue weighted by Gasteiger charge is -2.26. The molecule has 2 heterocycles. The lowest BCUT2D eigenvalue weighted by molar-refractivity contribution is 0.292. The Bertz CT molecular complexity index is 380. The van der Waals surface area contributed by atoms with Gasteiger partial charge in [0.05, 0.1) is 0 Å². The standard InChI is InChI=1S/C11H20N6O/c12-9-14-10(13-5-4-8-18)16-11(15-9)17-6-2-1-3-7-17/h18H,1-8H2,(H3,12,13,14,15,16). The normalized spacial score (nSPS) is 15.7. The molecule has 7 heteroatoms. The number of piperidine rings is 1. The second-order valence-corrected chi connectivity index (χ2v) is 4.37. The first-order chi connectivity index (χ1) is 8.79. The van der Waals surface area contributed by atoms with Crippen LogP contribution in [0.25, 0.3) is 0 Å². The fraction of sp³-hybridized carbons (Fsp3) is 0.727. The number of aliphatic hydroxyl groups is 1. The van der Waals surface area contributed by atoms with Crippen LogP contribution in [0, 0.1) is 0 Å². The van der Waals surface area contributed by atoms with Crippen molar-refractivity contribution in [1.29, 1.82) is 0 Å². The van der Waals surface area contributed by atoms with E-state index < -0.39 is 0 Å². The van der Waals surface area contributed by atoms with E-state index in [0.29, 0.717) is 24.9 Å². The predicted molar refractivity (Wildman–Crippen MR) is 70.5 cm³/mol. The Morgan fingerprint density at radius 2 is 1.94 bits per heavy atom. The third-order valence-electron chi connectivity index (χ3n) is 2.90. The lowest BCUT2D eigenvalue weighted by atomic mass is 10.1. The minimum absolute atomic E-state index is 0.145. The van der Waals surface area contributed by atoms with Gasteiger partial charge in [0.15, 0.2) is 0 Å². The molecule has 7 nitrogen and oxygen atoms in total. The summed E-state index contributed by atoms with van der Waals surface area (Å²) in [5.74, 6) is 1.36. The van der Waals surface area contributed by atoms with Gasteiger partial charge >= 0.3 is 0 Å². The fourth-order valence-electron chi connectivity index (χ4n) is 1.97. The van der Waals surface area contributed by atoms with E-state index in [9.17, 15) is 0 Å². The third-order valence-corrected chi connectivity index (χ3v) is 2.90. The molecular formula is C11H20N6O. The zero-order chi connectivity index (χ0) is 12.8. The Morgan fingerprint density at radius 1 is 1.17 bits per heavy atom.